The fourth-order valence-corrected chi connectivity index (χ4v) is 2.35. The molecule has 2 rings (SSSR count). The second-order valence-corrected chi connectivity index (χ2v) is 5.43. The maximum atomic E-state index is 5.71. The summed E-state index contributed by atoms with van der Waals surface area (Å²) < 4.78 is 11.4. The third-order valence-corrected chi connectivity index (χ3v) is 3.25. The van der Waals surface area contributed by atoms with E-state index < -0.39 is 0 Å². The molecule has 0 amide bonds. The van der Waals surface area contributed by atoms with Crippen LogP contribution in [0.4, 0.5) is 0 Å². The molecule has 1 aromatic carbocycles. The Labute approximate surface area is 116 Å². The van der Waals surface area contributed by atoms with Gasteiger partial charge in [-0.25, -0.2) is 0 Å². The zero-order chi connectivity index (χ0) is 13.5. The maximum Gasteiger partial charge on any atom is 0.120 e. The normalized spacial score (nSPS) is 19.6. The fourth-order valence-electron chi connectivity index (χ4n) is 2.35. The van der Waals surface area contributed by atoms with Crippen molar-refractivity contribution in [1.29, 1.82) is 0 Å². The quantitative estimate of drug-likeness (QED) is 0.855. The molecule has 1 unspecified atom stereocenters. The molecule has 1 aromatic rings. The molecule has 0 spiro atoms. The number of benzene rings is 1. The topological polar surface area (TPSA) is 30.5 Å². The number of hydrogen-bond acceptors (Lipinski definition) is 3. The standard InChI is InChI=1S/C16H25NO2/c1-13(2)19-15-8-5-6-14(10-15)11-17-12-16-7-3-4-9-18-16/h5-6,8,10,13,16-17H,3-4,7,9,11-12H2,1-2H3. The summed E-state index contributed by atoms with van der Waals surface area (Å²) in [6.07, 6.45) is 4.31. The molecule has 3 heteroatoms. The largest absolute Gasteiger partial charge is 0.491 e. The van der Waals surface area contributed by atoms with Crippen LogP contribution in [0.1, 0.15) is 38.7 Å². The Balaban J connectivity index is 1.75. The predicted octanol–water partition coefficient (Wildman–Crippen LogP) is 3.13. The summed E-state index contributed by atoms with van der Waals surface area (Å²) in [7, 11) is 0. The van der Waals surface area contributed by atoms with Crippen molar-refractivity contribution in [2.45, 2.75) is 51.9 Å². The van der Waals surface area contributed by atoms with E-state index in [0.29, 0.717) is 6.10 Å². The van der Waals surface area contributed by atoms with E-state index in [4.69, 9.17) is 9.47 Å². The maximum absolute atomic E-state index is 5.71. The van der Waals surface area contributed by atoms with Gasteiger partial charge < -0.3 is 14.8 Å². The molecule has 106 valence electrons. The summed E-state index contributed by atoms with van der Waals surface area (Å²) in [5.41, 5.74) is 1.26. The van der Waals surface area contributed by atoms with Crippen LogP contribution in [0.2, 0.25) is 0 Å². The van der Waals surface area contributed by atoms with Crippen LogP contribution in [-0.2, 0) is 11.3 Å². The van der Waals surface area contributed by atoms with Gasteiger partial charge in [-0.3, -0.25) is 0 Å². The van der Waals surface area contributed by atoms with E-state index in [1.807, 2.05) is 26.0 Å². The predicted molar refractivity (Wildman–Crippen MR) is 77.5 cm³/mol. The van der Waals surface area contributed by atoms with Gasteiger partial charge in [0, 0.05) is 19.7 Å². The van der Waals surface area contributed by atoms with Crippen LogP contribution in [0.15, 0.2) is 24.3 Å². The number of ether oxygens (including phenoxy) is 2. The van der Waals surface area contributed by atoms with Crippen LogP contribution in [0.25, 0.3) is 0 Å². The molecule has 0 saturated carbocycles. The van der Waals surface area contributed by atoms with Crippen molar-refractivity contribution >= 4 is 0 Å². The van der Waals surface area contributed by atoms with E-state index in [2.05, 4.69) is 17.4 Å². The summed E-state index contributed by atoms with van der Waals surface area (Å²) in [5.74, 6) is 0.947. The highest BCUT2D eigenvalue weighted by molar-refractivity contribution is 5.28. The molecule has 1 aliphatic rings. The zero-order valence-electron chi connectivity index (χ0n) is 12.0. The molecule has 1 fully saturated rings. The number of nitrogens with one attached hydrogen (secondary N) is 1. The molecule has 3 nitrogen and oxygen atoms in total. The van der Waals surface area contributed by atoms with Gasteiger partial charge in [0.05, 0.1) is 12.2 Å². The Morgan fingerprint density at radius 2 is 2.26 bits per heavy atom. The van der Waals surface area contributed by atoms with E-state index in [9.17, 15) is 0 Å². The Morgan fingerprint density at radius 3 is 3.00 bits per heavy atom. The molecular weight excluding hydrogens is 238 g/mol. The van der Waals surface area contributed by atoms with Crippen molar-refractivity contribution in [2.24, 2.45) is 0 Å². The van der Waals surface area contributed by atoms with Crippen LogP contribution in [0.3, 0.4) is 0 Å². The minimum absolute atomic E-state index is 0.221. The van der Waals surface area contributed by atoms with E-state index in [1.54, 1.807) is 0 Å². The molecular formula is C16H25NO2. The smallest absolute Gasteiger partial charge is 0.120 e. The van der Waals surface area contributed by atoms with Crippen molar-refractivity contribution < 1.29 is 9.47 Å². The van der Waals surface area contributed by atoms with Gasteiger partial charge in [-0.05, 0) is 50.8 Å². The third kappa shape index (κ3) is 5.21. The minimum Gasteiger partial charge on any atom is -0.491 e. The van der Waals surface area contributed by atoms with E-state index >= 15 is 0 Å². The molecule has 1 aliphatic heterocycles. The summed E-state index contributed by atoms with van der Waals surface area (Å²) >= 11 is 0. The lowest BCUT2D eigenvalue weighted by Crippen LogP contribution is -2.31. The lowest BCUT2D eigenvalue weighted by atomic mass is 10.1. The molecule has 0 aromatic heterocycles. The average Bonchev–Trinajstić information content (AvgIpc) is 2.40. The highest BCUT2D eigenvalue weighted by atomic mass is 16.5. The van der Waals surface area contributed by atoms with Crippen molar-refractivity contribution in [1.82, 2.24) is 5.32 Å². The van der Waals surface area contributed by atoms with Gasteiger partial charge in [-0.2, -0.15) is 0 Å². The molecule has 1 atom stereocenters. The van der Waals surface area contributed by atoms with Crippen LogP contribution in [-0.4, -0.2) is 25.4 Å². The molecule has 0 bridgehead atoms. The Morgan fingerprint density at radius 1 is 1.37 bits per heavy atom. The van der Waals surface area contributed by atoms with E-state index in [-0.39, 0.29) is 6.10 Å². The van der Waals surface area contributed by atoms with Crippen LogP contribution >= 0.6 is 0 Å². The van der Waals surface area contributed by atoms with Gasteiger partial charge in [-0.15, -0.1) is 0 Å². The SMILES string of the molecule is CC(C)Oc1cccc(CNCC2CCCCO2)c1. The number of hydrogen-bond donors (Lipinski definition) is 1. The van der Waals surface area contributed by atoms with Crippen LogP contribution < -0.4 is 10.1 Å². The first-order valence-electron chi connectivity index (χ1n) is 7.32. The fraction of sp³-hybridized carbons (Fsp3) is 0.625. The minimum atomic E-state index is 0.221. The van der Waals surface area contributed by atoms with E-state index in [0.717, 1.165) is 25.4 Å². The summed E-state index contributed by atoms with van der Waals surface area (Å²) in [6.45, 7) is 6.82. The first kappa shape index (κ1) is 14.4. The first-order valence-corrected chi connectivity index (χ1v) is 7.32. The van der Waals surface area contributed by atoms with Crippen LogP contribution in [0.5, 0.6) is 5.75 Å². The van der Waals surface area contributed by atoms with Crippen molar-refractivity contribution in [2.75, 3.05) is 13.2 Å². The van der Waals surface area contributed by atoms with Crippen molar-refractivity contribution in [3.63, 3.8) is 0 Å². The Hall–Kier alpha value is -1.06. The van der Waals surface area contributed by atoms with Gasteiger partial charge >= 0.3 is 0 Å². The highest BCUT2D eigenvalue weighted by Gasteiger charge is 2.12. The van der Waals surface area contributed by atoms with Crippen molar-refractivity contribution in [3.05, 3.63) is 29.8 Å². The Bertz CT molecular complexity index is 373. The van der Waals surface area contributed by atoms with Gasteiger partial charge in [0.2, 0.25) is 0 Å². The van der Waals surface area contributed by atoms with Crippen LogP contribution in [0, 0.1) is 0 Å². The second-order valence-electron chi connectivity index (χ2n) is 5.43. The lowest BCUT2D eigenvalue weighted by molar-refractivity contribution is 0.0168. The summed E-state index contributed by atoms with van der Waals surface area (Å²) in [4.78, 5) is 0. The summed E-state index contributed by atoms with van der Waals surface area (Å²) in [5, 5.41) is 3.47. The summed E-state index contributed by atoms with van der Waals surface area (Å²) in [6, 6.07) is 8.29. The molecule has 1 saturated heterocycles. The average molecular weight is 263 g/mol. The molecule has 1 heterocycles. The molecule has 0 aliphatic carbocycles. The lowest BCUT2D eigenvalue weighted by Gasteiger charge is -2.22. The Kier molecular flexibility index (Phi) is 5.67. The van der Waals surface area contributed by atoms with Gasteiger partial charge in [0.25, 0.3) is 0 Å². The highest BCUT2D eigenvalue weighted by Crippen LogP contribution is 2.15. The van der Waals surface area contributed by atoms with Crippen molar-refractivity contribution in [3.8, 4) is 5.75 Å². The second kappa shape index (κ2) is 7.51. The van der Waals surface area contributed by atoms with E-state index in [1.165, 1.54) is 24.8 Å². The molecule has 19 heavy (non-hydrogen) atoms. The van der Waals surface area contributed by atoms with Gasteiger partial charge in [0.1, 0.15) is 5.75 Å². The van der Waals surface area contributed by atoms with Gasteiger partial charge in [-0.1, -0.05) is 12.1 Å². The molecule has 1 N–H and O–H groups in total. The third-order valence-electron chi connectivity index (χ3n) is 3.25. The first-order chi connectivity index (χ1) is 9.24. The van der Waals surface area contributed by atoms with Gasteiger partial charge in [0.15, 0.2) is 0 Å². The monoisotopic (exact) mass is 263 g/mol. The molecule has 0 radical (unpaired) electrons. The number of rotatable bonds is 6. The zero-order valence-corrected chi connectivity index (χ0v) is 12.0.